The summed E-state index contributed by atoms with van der Waals surface area (Å²) in [6.45, 7) is 0.416. The summed E-state index contributed by atoms with van der Waals surface area (Å²) in [5, 5.41) is 4.67. The molecule has 2 nitrogen and oxygen atoms in total. The Balaban J connectivity index is 1.68. The number of halogens is 6. The highest BCUT2D eigenvalue weighted by Gasteiger charge is 2.36. The minimum Gasteiger partial charge on any atom is -0.337 e. The number of rotatable bonds is 2. The van der Waals surface area contributed by atoms with E-state index in [0.717, 1.165) is 28.6 Å². The third kappa shape index (κ3) is 4.47. The van der Waals surface area contributed by atoms with Crippen LogP contribution in [0.2, 0.25) is 0 Å². The fourth-order valence-corrected chi connectivity index (χ4v) is 4.99. The van der Waals surface area contributed by atoms with Crippen LogP contribution in [0.1, 0.15) is 33.2 Å². The zero-order valence-corrected chi connectivity index (χ0v) is 17.9. The van der Waals surface area contributed by atoms with Crippen molar-refractivity contribution in [3.05, 3.63) is 87.1 Å². The Morgan fingerprint density at radius 1 is 0.938 bits per heavy atom. The van der Waals surface area contributed by atoms with Crippen molar-refractivity contribution in [2.24, 2.45) is 0 Å². The molecule has 4 rings (SSSR count). The van der Waals surface area contributed by atoms with E-state index in [1.165, 1.54) is 41.7 Å². The Morgan fingerprint density at radius 2 is 1.62 bits per heavy atom. The first-order chi connectivity index (χ1) is 15.1. The molecule has 1 aliphatic rings. The van der Waals surface area contributed by atoms with Gasteiger partial charge in [0, 0.05) is 11.4 Å². The van der Waals surface area contributed by atoms with E-state index in [-0.39, 0.29) is 10.8 Å². The Kier molecular flexibility index (Phi) is 5.93. The number of nitrogens with one attached hydrogen (secondary N) is 1. The summed E-state index contributed by atoms with van der Waals surface area (Å²) < 4.78 is 79.2. The van der Waals surface area contributed by atoms with E-state index < -0.39 is 29.5 Å². The highest BCUT2D eigenvalue weighted by atomic mass is 32.1. The number of nitrogens with zero attached hydrogens (tertiary/aromatic N) is 1. The van der Waals surface area contributed by atoms with E-state index in [1.54, 1.807) is 4.90 Å². The van der Waals surface area contributed by atoms with E-state index in [1.807, 2.05) is 11.4 Å². The van der Waals surface area contributed by atoms with E-state index in [2.05, 4.69) is 5.32 Å². The molecule has 0 aliphatic carbocycles. The molecule has 0 amide bonds. The van der Waals surface area contributed by atoms with Gasteiger partial charge in [-0.1, -0.05) is 24.3 Å². The minimum absolute atomic E-state index is 0.0726. The van der Waals surface area contributed by atoms with Crippen LogP contribution in [-0.2, 0) is 18.8 Å². The van der Waals surface area contributed by atoms with Crippen LogP contribution in [0.5, 0.6) is 0 Å². The predicted molar refractivity (Wildman–Crippen MR) is 116 cm³/mol. The van der Waals surface area contributed by atoms with E-state index in [0.29, 0.717) is 18.5 Å². The first kappa shape index (κ1) is 22.6. The van der Waals surface area contributed by atoms with E-state index in [9.17, 15) is 26.3 Å². The number of benzene rings is 2. The zero-order valence-electron chi connectivity index (χ0n) is 16.3. The van der Waals surface area contributed by atoms with Crippen molar-refractivity contribution in [3.8, 4) is 0 Å². The highest BCUT2D eigenvalue weighted by Crippen LogP contribution is 2.40. The van der Waals surface area contributed by atoms with Gasteiger partial charge < -0.3 is 10.2 Å². The van der Waals surface area contributed by atoms with Gasteiger partial charge in [-0.15, -0.1) is 11.3 Å². The van der Waals surface area contributed by atoms with Crippen LogP contribution in [-0.4, -0.2) is 16.6 Å². The number of para-hydroxylation sites is 1. The van der Waals surface area contributed by atoms with Crippen LogP contribution in [0.25, 0.3) is 0 Å². The Labute approximate surface area is 189 Å². The van der Waals surface area contributed by atoms with Crippen LogP contribution in [0, 0.1) is 0 Å². The molecule has 2 aromatic carbocycles. The van der Waals surface area contributed by atoms with Gasteiger partial charge in [0.1, 0.15) is 0 Å². The van der Waals surface area contributed by atoms with Gasteiger partial charge in [0.15, 0.2) is 5.11 Å². The molecular formula is C22H16F6N2S2. The Hall–Kier alpha value is -2.59. The van der Waals surface area contributed by atoms with Gasteiger partial charge >= 0.3 is 12.4 Å². The summed E-state index contributed by atoms with van der Waals surface area (Å²) in [4.78, 5) is 2.80. The van der Waals surface area contributed by atoms with Crippen molar-refractivity contribution in [1.29, 1.82) is 0 Å². The first-order valence-electron chi connectivity index (χ1n) is 9.53. The fourth-order valence-electron chi connectivity index (χ4n) is 3.78. The van der Waals surface area contributed by atoms with Gasteiger partial charge in [0.25, 0.3) is 0 Å². The first-order valence-corrected chi connectivity index (χ1v) is 10.8. The second-order valence-electron chi connectivity index (χ2n) is 7.24. The molecule has 0 unspecified atom stereocenters. The van der Waals surface area contributed by atoms with Crippen LogP contribution >= 0.6 is 23.6 Å². The standard InChI is InChI=1S/C22H16F6N2S2/c23-21(24,25)14-7-5-13(6-8-14)19-15-10-12-32-18(15)9-11-30(19)20(31)29-17-4-2-1-3-16(17)22(26,27)28/h1-8,10,12,19H,9,11H2,(H,29,31)/t19-/m0/s1. The molecular weight excluding hydrogens is 470 g/mol. The number of fused-ring (bicyclic) bond motifs is 1. The zero-order chi connectivity index (χ0) is 23.1. The molecule has 0 spiro atoms. The predicted octanol–water partition coefficient (Wildman–Crippen LogP) is 7.13. The third-order valence-electron chi connectivity index (χ3n) is 5.25. The average Bonchev–Trinajstić information content (AvgIpc) is 3.21. The Bertz CT molecular complexity index is 1120. The summed E-state index contributed by atoms with van der Waals surface area (Å²) in [5.41, 5.74) is -0.331. The van der Waals surface area contributed by atoms with Crippen LogP contribution < -0.4 is 5.32 Å². The number of alkyl halides is 6. The van der Waals surface area contributed by atoms with Crippen molar-refractivity contribution >= 4 is 34.4 Å². The summed E-state index contributed by atoms with van der Waals surface area (Å²) in [6, 6.07) is 11.2. The molecule has 1 aliphatic heterocycles. The molecule has 32 heavy (non-hydrogen) atoms. The molecule has 1 N–H and O–H groups in total. The smallest absolute Gasteiger partial charge is 0.337 e. The van der Waals surface area contributed by atoms with Crippen molar-refractivity contribution < 1.29 is 26.3 Å². The third-order valence-corrected chi connectivity index (χ3v) is 6.59. The number of hydrogen-bond donors (Lipinski definition) is 1. The van der Waals surface area contributed by atoms with Crippen molar-refractivity contribution in [2.45, 2.75) is 24.8 Å². The maximum Gasteiger partial charge on any atom is 0.418 e. The minimum atomic E-state index is -4.56. The summed E-state index contributed by atoms with van der Waals surface area (Å²) >= 11 is 7.01. The van der Waals surface area contributed by atoms with Crippen molar-refractivity contribution in [2.75, 3.05) is 11.9 Å². The molecule has 0 saturated heterocycles. The number of thiophene rings is 1. The van der Waals surface area contributed by atoms with Gasteiger partial charge in [-0.3, -0.25) is 0 Å². The molecule has 10 heteroatoms. The molecule has 1 atom stereocenters. The molecule has 0 fully saturated rings. The van der Waals surface area contributed by atoms with Crippen LogP contribution in [0.15, 0.2) is 60.0 Å². The summed E-state index contributed by atoms with van der Waals surface area (Å²) in [5.74, 6) is 0. The van der Waals surface area contributed by atoms with Gasteiger partial charge in [-0.05, 0) is 65.5 Å². The number of anilines is 1. The summed E-state index contributed by atoms with van der Waals surface area (Å²) in [7, 11) is 0. The number of thiocarbonyl (C=S) groups is 1. The second-order valence-corrected chi connectivity index (χ2v) is 8.63. The van der Waals surface area contributed by atoms with Crippen LogP contribution in [0.4, 0.5) is 32.0 Å². The molecule has 3 aromatic rings. The topological polar surface area (TPSA) is 15.3 Å². The lowest BCUT2D eigenvalue weighted by Gasteiger charge is -2.38. The maximum atomic E-state index is 13.4. The molecule has 0 bridgehead atoms. The lowest BCUT2D eigenvalue weighted by Crippen LogP contribution is -2.42. The fraction of sp³-hybridized carbons (Fsp3) is 0.227. The highest BCUT2D eigenvalue weighted by molar-refractivity contribution is 7.80. The Morgan fingerprint density at radius 3 is 2.28 bits per heavy atom. The normalized spacial score (nSPS) is 16.6. The largest absolute Gasteiger partial charge is 0.418 e. The van der Waals surface area contributed by atoms with Crippen molar-refractivity contribution in [3.63, 3.8) is 0 Å². The number of hydrogen-bond acceptors (Lipinski definition) is 2. The van der Waals surface area contributed by atoms with Gasteiger partial charge in [0.2, 0.25) is 0 Å². The SMILES string of the molecule is FC(F)(F)c1ccc([C@H]2c3ccsc3CCN2C(=S)Nc2ccccc2C(F)(F)F)cc1. The summed E-state index contributed by atoms with van der Waals surface area (Å²) in [6.07, 6.45) is -8.39. The van der Waals surface area contributed by atoms with Gasteiger partial charge in [-0.25, -0.2) is 0 Å². The molecule has 0 saturated carbocycles. The quantitative estimate of drug-likeness (QED) is 0.306. The molecule has 168 valence electrons. The monoisotopic (exact) mass is 486 g/mol. The lowest BCUT2D eigenvalue weighted by atomic mass is 9.93. The van der Waals surface area contributed by atoms with Crippen LogP contribution in [0.3, 0.4) is 0 Å². The molecule has 0 radical (unpaired) electrons. The van der Waals surface area contributed by atoms with Gasteiger partial charge in [0.05, 0.1) is 22.9 Å². The lowest BCUT2D eigenvalue weighted by molar-refractivity contribution is -0.138. The molecule has 1 aromatic heterocycles. The van der Waals surface area contributed by atoms with Crippen molar-refractivity contribution in [1.82, 2.24) is 4.90 Å². The second kappa shape index (κ2) is 8.40. The average molecular weight is 487 g/mol. The molecule has 2 heterocycles. The van der Waals surface area contributed by atoms with E-state index >= 15 is 0 Å². The van der Waals surface area contributed by atoms with E-state index in [4.69, 9.17) is 12.2 Å². The van der Waals surface area contributed by atoms with Gasteiger partial charge in [-0.2, -0.15) is 26.3 Å². The maximum absolute atomic E-state index is 13.4.